The van der Waals surface area contributed by atoms with Crippen LogP contribution in [0.15, 0.2) is 36.7 Å². The number of nitrogens with one attached hydrogen (secondary N) is 2. The smallest absolute Gasteiger partial charge is 0.217 e. The average Bonchev–Trinajstić information content (AvgIpc) is 3.59. The van der Waals surface area contributed by atoms with Crippen LogP contribution in [0, 0.1) is 11.3 Å². The molecule has 3 aliphatic rings. The van der Waals surface area contributed by atoms with Crippen LogP contribution in [0.4, 0.5) is 5.69 Å². The van der Waals surface area contributed by atoms with Crippen LogP contribution in [0.3, 0.4) is 0 Å². The highest BCUT2D eigenvalue weighted by atomic mass is 32.1. The molecule has 3 aliphatic carbocycles. The van der Waals surface area contributed by atoms with Crippen LogP contribution in [0.5, 0.6) is 0 Å². The molecule has 3 saturated carbocycles. The van der Waals surface area contributed by atoms with Crippen molar-refractivity contribution in [3.05, 3.63) is 47.2 Å². The van der Waals surface area contributed by atoms with E-state index in [1.807, 2.05) is 30.5 Å². The average molecular weight is 499 g/mol. The summed E-state index contributed by atoms with van der Waals surface area (Å²) in [6, 6.07) is 10.1. The van der Waals surface area contributed by atoms with E-state index in [4.69, 9.17) is 4.98 Å². The molecular weight excluding hydrogens is 472 g/mol. The maximum atomic E-state index is 11.6. The third-order valence-corrected chi connectivity index (χ3v) is 8.43. The highest BCUT2D eigenvalue weighted by Gasteiger charge is 2.63. The molecule has 7 rings (SSSR count). The van der Waals surface area contributed by atoms with Gasteiger partial charge in [-0.05, 0) is 63.8 Å². The van der Waals surface area contributed by atoms with Crippen molar-refractivity contribution in [1.82, 2.24) is 30.1 Å². The van der Waals surface area contributed by atoms with Gasteiger partial charge in [-0.2, -0.15) is 10.4 Å². The number of aromatic nitrogens is 5. The molecule has 10 heteroatoms. The van der Waals surface area contributed by atoms with E-state index in [0.717, 1.165) is 63.9 Å². The van der Waals surface area contributed by atoms with Crippen LogP contribution in [-0.2, 0) is 10.2 Å². The van der Waals surface area contributed by atoms with Crippen molar-refractivity contribution < 1.29 is 4.79 Å². The second-order valence-corrected chi connectivity index (χ2v) is 11.3. The van der Waals surface area contributed by atoms with Gasteiger partial charge in [-0.15, -0.1) is 10.2 Å². The third kappa shape index (κ3) is 3.62. The summed E-state index contributed by atoms with van der Waals surface area (Å²) in [7, 11) is 0. The minimum atomic E-state index is -0.0623. The van der Waals surface area contributed by atoms with Crippen LogP contribution in [0.25, 0.3) is 27.5 Å². The summed E-state index contributed by atoms with van der Waals surface area (Å²) in [5.41, 5.74) is 4.80. The van der Waals surface area contributed by atoms with Gasteiger partial charge in [0.15, 0.2) is 5.01 Å². The standard InChI is InChI=1S/C26H26N8OS/c1-15(2)30-20-9-21(22-5-4-18-8-17(10-27)11-29-34(18)22)28-12-19(20)23-32-33-24(36-23)25-6-7-26(13-25,14-25)31-16(3)35/h4-5,8-9,11-12,15H,6-7,13-14H2,1-3H3,(H,28,30)(H,31,35). The zero-order valence-corrected chi connectivity index (χ0v) is 21.2. The molecule has 4 aromatic rings. The Kier molecular flexibility index (Phi) is 5.09. The number of amides is 1. The summed E-state index contributed by atoms with van der Waals surface area (Å²) < 4.78 is 1.79. The minimum absolute atomic E-state index is 0.0240. The van der Waals surface area contributed by atoms with Crippen LogP contribution >= 0.6 is 11.3 Å². The van der Waals surface area contributed by atoms with Crippen molar-refractivity contribution in [2.24, 2.45) is 0 Å². The summed E-state index contributed by atoms with van der Waals surface area (Å²) in [6.07, 6.45) is 7.30. The van der Waals surface area contributed by atoms with Gasteiger partial charge in [-0.1, -0.05) is 11.3 Å². The van der Waals surface area contributed by atoms with Gasteiger partial charge in [0.1, 0.15) is 11.1 Å². The summed E-state index contributed by atoms with van der Waals surface area (Å²) in [5, 5.41) is 31.4. The fourth-order valence-corrected chi connectivity index (χ4v) is 6.94. The van der Waals surface area contributed by atoms with Gasteiger partial charge < -0.3 is 10.6 Å². The van der Waals surface area contributed by atoms with Crippen molar-refractivity contribution in [2.75, 3.05) is 5.32 Å². The van der Waals surface area contributed by atoms with Crippen molar-refractivity contribution in [1.29, 1.82) is 5.26 Å². The number of carbonyl (C=O) groups excluding carboxylic acids is 1. The molecule has 2 N–H and O–H groups in total. The molecule has 0 atom stereocenters. The van der Waals surface area contributed by atoms with E-state index in [-0.39, 0.29) is 22.9 Å². The number of nitrogens with zero attached hydrogens (tertiary/aromatic N) is 6. The Morgan fingerprint density at radius 2 is 2.03 bits per heavy atom. The van der Waals surface area contributed by atoms with Crippen LogP contribution in [-0.4, -0.2) is 42.3 Å². The lowest BCUT2D eigenvalue weighted by atomic mass is 9.65. The van der Waals surface area contributed by atoms with Crippen molar-refractivity contribution >= 4 is 28.4 Å². The lowest BCUT2D eigenvalue weighted by Gasteiger charge is -2.46. The number of hydrogen-bond acceptors (Lipinski definition) is 8. The number of hydrogen-bond donors (Lipinski definition) is 2. The van der Waals surface area contributed by atoms with E-state index in [2.05, 4.69) is 45.8 Å². The number of nitriles is 1. The molecule has 2 bridgehead atoms. The minimum Gasteiger partial charge on any atom is -0.382 e. The first-order valence-electron chi connectivity index (χ1n) is 12.1. The van der Waals surface area contributed by atoms with E-state index in [9.17, 15) is 10.1 Å². The summed E-state index contributed by atoms with van der Waals surface area (Å²) in [4.78, 5) is 16.4. The Morgan fingerprint density at radius 1 is 1.19 bits per heavy atom. The van der Waals surface area contributed by atoms with Crippen LogP contribution in [0.1, 0.15) is 57.0 Å². The van der Waals surface area contributed by atoms with Gasteiger partial charge in [0.25, 0.3) is 0 Å². The van der Waals surface area contributed by atoms with Crippen molar-refractivity contribution in [3.8, 4) is 28.0 Å². The van der Waals surface area contributed by atoms with E-state index in [0.29, 0.717) is 5.56 Å². The van der Waals surface area contributed by atoms with Crippen LogP contribution < -0.4 is 10.6 Å². The predicted octanol–water partition coefficient (Wildman–Crippen LogP) is 4.31. The van der Waals surface area contributed by atoms with Crippen molar-refractivity contribution in [3.63, 3.8) is 0 Å². The first kappa shape index (κ1) is 22.6. The van der Waals surface area contributed by atoms with E-state index >= 15 is 0 Å². The first-order valence-corrected chi connectivity index (χ1v) is 12.9. The van der Waals surface area contributed by atoms with E-state index in [1.54, 1.807) is 29.0 Å². The fraction of sp³-hybridized carbons (Fsp3) is 0.385. The number of anilines is 1. The SMILES string of the molecule is CC(=O)NC12CCC(c3nnc(-c4cnc(-c5ccc6cc(C#N)cnn56)cc4NC(C)C)s3)(C1)C2. The molecule has 0 aromatic carbocycles. The molecule has 0 saturated heterocycles. The Morgan fingerprint density at radius 3 is 2.78 bits per heavy atom. The van der Waals surface area contributed by atoms with Gasteiger partial charge in [-0.25, -0.2) is 4.52 Å². The maximum Gasteiger partial charge on any atom is 0.217 e. The zero-order valence-electron chi connectivity index (χ0n) is 20.4. The first-order chi connectivity index (χ1) is 17.3. The lowest BCUT2D eigenvalue weighted by molar-refractivity contribution is -0.121. The topological polar surface area (TPSA) is 121 Å². The van der Waals surface area contributed by atoms with Gasteiger partial charge in [0.2, 0.25) is 5.91 Å². The number of carbonyl (C=O) groups is 1. The quantitative estimate of drug-likeness (QED) is 0.406. The van der Waals surface area contributed by atoms with Gasteiger partial charge in [-0.3, -0.25) is 9.78 Å². The molecule has 0 unspecified atom stereocenters. The van der Waals surface area contributed by atoms with Crippen molar-refractivity contribution in [2.45, 2.75) is 63.5 Å². The Bertz CT molecular complexity index is 1540. The molecule has 0 aliphatic heterocycles. The summed E-state index contributed by atoms with van der Waals surface area (Å²) in [6.45, 7) is 5.79. The second kappa shape index (κ2) is 8.10. The second-order valence-electron chi connectivity index (χ2n) is 10.3. The molecule has 3 fully saturated rings. The summed E-state index contributed by atoms with van der Waals surface area (Å²) in [5.74, 6) is 0.0375. The molecule has 182 valence electrons. The Balaban J connectivity index is 1.34. The predicted molar refractivity (Wildman–Crippen MR) is 137 cm³/mol. The lowest BCUT2D eigenvalue weighted by Crippen LogP contribution is -2.56. The molecule has 4 aromatic heterocycles. The van der Waals surface area contributed by atoms with Gasteiger partial charge in [0.05, 0.1) is 34.2 Å². The Labute approximate surface area is 212 Å². The normalized spacial score (nSPS) is 22.4. The molecule has 1 amide bonds. The fourth-order valence-electron chi connectivity index (χ4n) is 5.86. The molecule has 9 nitrogen and oxygen atoms in total. The molecule has 36 heavy (non-hydrogen) atoms. The van der Waals surface area contributed by atoms with Gasteiger partial charge >= 0.3 is 0 Å². The number of pyridine rings is 1. The molecular formula is C26H26N8OS. The summed E-state index contributed by atoms with van der Waals surface area (Å²) >= 11 is 1.63. The maximum absolute atomic E-state index is 11.6. The van der Waals surface area contributed by atoms with E-state index < -0.39 is 0 Å². The molecule has 4 heterocycles. The van der Waals surface area contributed by atoms with Gasteiger partial charge in [0, 0.05) is 35.8 Å². The number of rotatable bonds is 6. The highest BCUT2D eigenvalue weighted by Crippen LogP contribution is 2.63. The van der Waals surface area contributed by atoms with E-state index in [1.165, 1.54) is 0 Å². The van der Waals surface area contributed by atoms with Crippen LogP contribution in [0.2, 0.25) is 0 Å². The Hall–Kier alpha value is -3.84. The zero-order chi connectivity index (χ0) is 25.1. The molecule has 0 radical (unpaired) electrons. The monoisotopic (exact) mass is 498 g/mol. The largest absolute Gasteiger partial charge is 0.382 e. The molecule has 0 spiro atoms. The third-order valence-electron chi connectivity index (χ3n) is 7.23. The number of fused-ring (bicyclic) bond motifs is 2. The highest BCUT2D eigenvalue weighted by molar-refractivity contribution is 7.14.